The van der Waals surface area contributed by atoms with Gasteiger partial charge < -0.3 is 15.2 Å². The molecule has 5 aromatic rings. The van der Waals surface area contributed by atoms with E-state index in [2.05, 4.69) is 19.9 Å². The first-order valence-corrected chi connectivity index (χ1v) is 18.5. The summed E-state index contributed by atoms with van der Waals surface area (Å²) in [4.78, 5) is 19.1. The number of nitrogens with one attached hydrogen (secondary N) is 2. The van der Waals surface area contributed by atoms with E-state index in [0.717, 1.165) is 82.8 Å². The van der Waals surface area contributed by atoms with Gasteiger partial charge in [0.15, 0.2) is 0 Å². The summed E-state index contributed by atoms with van der Waals surface area (Å²) in [5, 5.41) is 9.77. The van der Waals surface area contributed by atoms with Gasteiger partial charge in [-0.25, -0.2) is 8.42 Å². The van der Waals surface area contributed by atoms with Crippen LogP contribution in [0.15, 0.2) is 72.8 Å². The number of para-hydroxylation sites is 1. The van der Waals surface area contributed by atoms with Gasteiger partial charge in [0.05, 0.1) is 18.5 Å². The van der Waals surface area contributed by atoms with Gasteiger partial charge in [0.2, 0.25) is 10.0 Å². The Labute approximate surface area is 280 Å². The summed E-state index contributed by atoms with van der Waals surface area (Å²) in [5.74, 6) is -0.180. The Balaban J connectivity index is 1.15. The number of likely N-dealkylation sites (tertiary alicyclic amines) is 1. The van der Waals surface area contributed by atoms with Crippen LogP contribution in [0.4, 0.5) is 0 Å². The normalized spacial score (nSPS) is 15.7. The summed E-state index contributed by atoms with van der Waals surface area (Å²) in [6, 6.07) is 23.3. The molecule has 11 heteroatoms. The lowest BCUT2D eigenvalue weighted by molar-refractivity contribution is 0.0950. The second-order valence-electron chi connectivity index (χ2n) is 12.6. The molecule has 1 fully saturated rings. The minimum atomic E-state index is -3.36. The molecule has 2 aliphatic heterocycles. The van der Waals surface area contributed by atoms with E-state index in [4.69, 9.17) is 16.7 Å². The first kappa shape index (κ1) is 31.6. The molecule has 7 rings (SSSR count). The van der Waals surface area contributed by atoms with Crippen LogP contribution in [-0.2, 0) is 36.1 Å². The average molecular weight is 671 g/mol. The number of hydrogen-bond acceptors (Lipinski definition) is 5. The van der Waals surface area contributed by atoms with E-state index in [1.807, 2.05) is 66.7 Å². The molecule has 0 unspecified atom stereocenters. The van der Waals surface area contributed by atoms with E-state index in [-0.39, 0.29) is 5.91 Å². The summed E-state index contributed by atoms with van der Waals surface area (Å²) in [5.41, 5.74) is 7.78. The van der Waals surface area contributed by atoms with Crippen molar-refractivity contribution in [1.82, 2.24) is 29.3 Å². The van der Waals surface area contributed by atoms with Crippen LogP contribution in [-0.4, -0.2) is 70.7 Å². The minimum Gasteiger partial charge on any atom is -0.357 e. The van der Waals surface area contributed by atoms with Crippen molar-refractivity contribution in [3.05, 3.63) is 100 Å². The zero-order chi connectivity index (χ0) is 32.5. The molecule has 1 saturated heterocycles. The van der Waals surface area contributed by atoms with Crippen molar-refractivity contribution in [3.8, 4) is 22.4 Å². The predicted molar refractivity (Wildman–Crippen MR) is 187 cm³/mol. The second-order valence-corrected chi connectivity index (χ2v) is 15.0. The number of aromatic nitrogens is 3. The SMILES string of the molecule is CS(=O)(=O)N1CCc2c(c(-c3ccc(Cl)c(-c4cccc(C(=O)NCc5cc6ccccc6[nH]5)c4)c3)nn2CCCN2CCCC2)C1. The Bertz CT molecular complexity index is 2010. The number of aryl methyl sites for hydroxylation is 1. The van der Waals surface area contributed by atoms with Crippen molar-refractivity contribution in [2.24, 2.45) is 0 Å². The maximum Gasteiger partial charge on any atom is 0.251 e. The number of rotatable bonds is 10. The van der Waals surface area contributed by atoms with Crippen molar-refractivity contribution in [2.45, 2.75) is 45.3 Å². The molecule has 3 aromatic carbocycles. The predicted octanol–water partition coefficient (Wildman–Crippen LogP) is 6.09. The van der Waals surface area contributed by atoms with Gasteiger partial charge in [-0.1, -0.05) is 48.0 Å². The van der Waals surface area contributed by atoms with Crippen LogP contribution < -0.4 is 5.32 Å². The molecular formula is C36H39ClN6O3S. The minimum absolute atomic E-state index is 0.180. The van der Waals surface area contributed by atoms with Crippen LogP contribution >= 0.6 is 11.6 Å². The van der Waals surface area contributed by atoms with Gasteiger partial charge >= 0.3 is 0 Å². The van der Waals surface area contributed by atoms with Gasteiger partial charge in [0.1, 0.15) is 0 Å². The lowest BCUT2D eigenvalue weighted by Crippen LogP contribution is -2.35. The number of carbonyl (C=O) groups is 1. The fourth-order valence-corrected chi connectivity index (χ4v) is 7.86. The summed E-state index contributed by atoms with van der Waals surface area (Å²) < 4.78 is 28.7. The summed E-state index contributed by atoms with van der Waals surface area (Å²) in [6.45, 7) is 5.26. The number of hydrogen-bond donors (Lipinski definition) is 2. The molecule has 0 radical (unpaired) electrons. The van der Waals surface area contributed by atoms with Crippen LogP contribution in [0.5, 0.6) is 0 Å². The third kappa shape index (κ3) is 6.87. The van der Waals surface area contributed by atoms with Crippen LogP contribution in [0.25, 0.3) is 33.3 Å². The third-order valence-electron chi connectivity index (χ3n) is 9.31. The molecule has 0 atom stereocenters. The Kier molecular flexibility index (Phi) is 8.93. The third-order valence-corrected chi connectivity index (χ3v) is 10.9. The number of fused-ring (bicyclic) bond motifs is 2. The quantitative estimate of drug-likeness (QED) is 0.187. The van der Waals surface area contributed by atoms with Crippen molar-refractivity contribution < 1.29 is 13.2 Å². The number of benzene rings is 3. The molecule has 2 N–H and O–H groups in total. The van der Waals surface area contributed by atoms with Gasteiger partial charge in [-0.15, -0.1) is 0 Å². The zero-order valence-corrected chi connectivity index (χ0v) is 28.1. The van der Waals surface area contributed by atoms with Gasteiger partial charge in [-0.2, -0.15) is 9.40 Å². The topological polar surface area (TPSA) is 103 Å². The number of carbonyl (C=O) groups excluding carboxylic acids is 1. The number of H-pyrrole nitrogens is 1. The number of amides is 1. The molecule has 244 valence electrons. The van der Waals surface area contributed by atoms with E-state index < -0.39 is 10.0 Å². The largest absolute Gasteiger partial charge is 0.357 e. The fourth-order valence-electron chi connectivity index (χ4n) is 6.84. The lowest BCUT2D eigenvalue weighted by Gasteiger charge is -2.26. The standard InChI is InChI=1S/C36H39ClN6O3S/c1-47(45,46)42-19-14-34-31(24-42)35(40-43(34)18-7-17-41-15-4-5-16-41)27-12-13-32(37)30(22-27)25-9-6-10-28(20-25)36(44)38-23-29-21-26-8-2-3-11-33(26)39-29/h2-3,6,8-13,20-22,39H,4-5,7,14-19,23-24H2,1H3,(H,38,44). The molecule has 47 heavy (non-hydrogen) atoms. The summed E-state index contributed by atoms with van der Waals surface area (Å²) in [7, 11) is -3.36. The summed E-state index contributed by atoms with van der Waals surface area (Å²) >= 11 is 6.77. The molecule has 1 amide bonds. The van der Waals surface area contributed by atoms with Crippen LogP contribution in [0.1, 0.15) is 46.6 Å². The van der Waals surface area contributed by atoms with Gasteiger partial charge in [-0.05, 0) is 86.2 Å². The highest BCUT2D eigenvalue weighted by atomic mass is 35.5. The Morgan fingerprint density at radius 1 is 0.957 bits per heavy atom. The Hall–Kier alpha value is -3.96. The zero-order valence-electron chi connectivity index (χ0n) is 26.5. The van der Waals surface area contributed by atoms with Gasteiger partial charge in [0, 0.05) is 70.2 Å². The fraction of sp³-hybridized carbons (Fsp3) is 0.333. The van der Waals surface area contributed by atoms with E-state index in [9.17, 15) is 13.2 Å². The monoisotopic (exact) mass is 670 g/mol. The van der Waals surface area contributed by atoms with Crippen molar-refractivity contribution in [3.63, 3.8) is 0 Å². The second kappa shape index (κ2) is 13.3. The average Bonchev–Trinajstić information content (AvgIpc) is 3.82. The van der Waals surface area contributed by atoms with Gasteiger partial charge in [-0.3, -0.25) is 9.48 Å². The first-order valence-electron chi connectivity index (χ1n) is 16.2. The Morgan fingerprint density at radius 3 is 2.60 bits per heavy atom. The van der Waals surface area contributed by atoms with Crippen LogP contribution in [0, 0.1) is 0 Å². The van der Waals surface area contributed by atoms with Crippen LogP contribution in [0.2, 0.25) is 5.02 Å². The van der Waals surface area contributed by atoms with E-state index in [1.54, 1.807) is 6.07 Å². The molecule has 4 heterocycles. The van der Waals surface area contributed by atoms with Crippen molar-refractivity contribution in [1.29, 1.82) is 0 Å². The molecule has 0 bridgehead atoms. The maximum absolute atomic E-state index is 13.2. The maximum atomic E-state index is 13.2. The van der Waals surface area contributed by atoms with E-state index >= 15 is 0 Å². The van der Waals surface area contributed by atoms with E-state index in [0.29, 0.717) is 36.6 Å². The lowest BCUT2D eigenvalue weighted by atomic mass is 9.97. The van der Waals surface area contributed by atoms with Crippen molar-refractivity contribution in [2.75, 3.05) is 32.4 Å². The number of halogens is 1. The smallest absolute Gasteiger partial charge is 0.251 e. The Morgan fingerprint density at radius 2 is 1.79 bits per heavy atom. The number of sulfonamides is 1. The molecule has 2 aliphatic rings. The highest BCUT2D eigenvalue weighted by Crippen LogP contribution is 2.36. The summed E-state index contributed by atoms with van der Waals surface area (Å²) in [6.07, 6.45) is 5.40. The molecule has 9 nitrogen and oxygen atoms in total. The molecular weight excluding hydrogens is 632 g/mol. The molecule has 2 aromatic heterocycles. The highest BCUT2D eigenvalue weighted by Gasteiger charge is 2.30. The number of nitrogens with zero attached hydrogens (tertiary/aromatic N) is 4. The molecule has 0 aliphatic carbocycles. The first-order chi connectivity index (χ1) is 22.7. The van der Waals surface area contributed by atoms with Gasteiger partial charge in [0.25, 0.3) is 5.91 Å². The van der Waals surface area contributed by atoms with E-state index in [1.165, 1.54) is 23.4 Å². The molecule has 0 saturated carbocycles. The van der Waals surface area contributed by atoms with Crippen molar-refractivity contribution >= 4 is 38.4 Å². The number of aromatic amines is 1. The van der Waals surface area contributed by atoms with Crippen LogP contribution in [0.3, 0.4) is 0 Å². The molecule has 0 spiro atoms. The highest BCUT2D eigenvalue weighted by molar-refractivity contribution is 7.88.